The number of benzene rings is 5. The smallest absolute Gasteiger partial charge is 0.261 e. The molecule has 1 fully saturated rings. The maximum atomic E-state index is 14.7. The number of amides is 2. The summed E-state index contributed by atoms with van der Waals surface area (Å²) < 4.78 is 38.1. The van der Waals surface area contributed by atoms with Gasteiger partial charge >= 0.3 is 0 Å². The van der Waals surface area contributed by atoms with E-state index < -0.39 is 16.1 Å². The van der Waals surface area contributed by atoms with Crippen molar-refractivity contribution in [3.8, 4) is 5.88 Å². The largest absolute Gasteiger partial charge is 0.478 e. The van der Waals surface area contributed by atoms with Gasteiger partial charge in [0.05, 0.1) is 40.6 Å². The lowest BCUT2D eigenvalue weighted by Crippen LogP contribution is -2.49. The third-order valence-electron chi connectivity index (χ3n) is 14.8. The average Bonchev–Trinajstić information content (AvgIpc) is 3.52. The maximum Gasteiger partial charge on any atom is 0.261 e. The van der Waals surface area contributed by atoms with Crippen molar-refractivity contribution in [1.29, 1.82) is 0 Å². The van der Waals surface area contributed by atoms with Crippen LogP contribution in [0.5, 0.6) is 5.88 Å². The summed E-state index contributed by atoms with van der Waals surface area (Å²) in [5, 5.41) is 5.57. The summed E-state index contributed by atoms with van der Waals surface area (Å²) in [5.74, 6) is 0.215. The van der Waals surface area contributed by atoms with Crippen molar-refractivity contribution in [3.63, 3.8) is 0 Å². The summed E-state index contributed by atoms with van der Waals surface area (Å²) in [6.45, 7) is 15.3. The lowest BCUT2D eigenvalue weighted by atomic mass is 9.98. The normalized spacial score (nSPS) is 13.8. The van der Waals surface area contributed by atoms with Gasteiger partial charge in [0, 0.05) is 119 Å². The fourth-order valence-corrected chi connectivity index (χ4v) is 12.2. The number of unbranched alkanes of at least 4 members (excludes halogenated alkanes) is 2. The van der Waals surface area contributed by atoms with Gasteiger partial charge in [-0.3, -0.25) is 23.9 Å². The first-order valence-electron chi connectivity index (χ1n) is 27.8. The fraction of sp³-hybridized carbons (Fsp3) is 0.403. The van der Waals surface area contributed by atoms with Crippen LogP contribution in [0.25, 0.3) is 21.7 Å². The fourth-order valence-electron chi connectivity index (χ4n) is 10.4. The van der Waals surface area contributed by atoms with Gasteiger partial charge in [-0.15, -0.1) is 0 Å². The molecule has 7 aromatic rings. The second-order valence-electron chi connectivity index (χ2n) is 21.1. The molecule has 8 rings (SSSR count). The average molecular weight is 1110 g/mol. The Labute approximate surface area is 471 Å². The zero-order valence-corrected chi connectivity index (χ0v) is 48.2. The second kappa shape index (κ2) is 27.5. The predicted molar refractivity (Wildman–Crippen MR) is 317 cm³/mol. The molecule has 0 bridgehead atoms. The molecule has 17 heteroatoms. The molecule has 1 saturated heterocycles. The number of piperazine rings is 1. The van der Waals surface area contributed by atoms with E-state index in [-0.39, 0.29) is 42.9 Å². The monoisotopic (exact) mass is 1110 g/mol. The van der Waals surface area contributed by atoms with Crippen molar-refractivity contribution in [2.24, 2.45) is 5.92 Å². The number of aromatic nitrogens is 3. The maximum absolute atomic E-state index is 14.7. The van der Waals surface area contributed by atoms with Gasteiger partial charge in [-0.1, -0.05) is 118 Å². The van der Waals surface area contributed by atoms with Crippen LogP contribution in [0, 0.1) is 12.8 Å². The molecule has 1 atom stereocenters. The van der Waals surface area contributed by atoms with Gasteiger partial charge in [0.1, 0.15) is 5.82 Å². The second-order valence-corrected chi connectivity index (χ2v) is 23.4. The molecule has 1 N–H and O–H groups in total. The molecule has 2 amide bonds. The minimum Gasteiger partial charge on any atom is -0.478 e. The highest BCUT2D eigenvalue weighted by Gasteiger charge is 2.33. The van der Waals surface area contributed by atoms with E-state index in [1.54, 1.807) is 50.2 Å². The van der Waals surface area contributed by atoms with Crippen LogP contribution >= 0.6 is 11.6 Å². The van der Waals surface area contributed by atoms with E-state index >= 15 is 0 Å². The van der Waals surface area contributed by atoms with Crippen LogP contribution in [0.4, 0.5) is 5.69 Å². The molecule has 3 heterocycles. The number of anilines is 1. The van der Waals surface area contributed by atoms with Crippen molar-refractivity contribution >= 4 is 60.8 Å². The first-order valence-corrected chi connectivity index (χ1v) is 29.6. The minimum absolute atomic E-state index is 0.165. The minimum atomic E-state index is -3.74. The van der Waals surface area contributed by atoms with E-state index in [4.69, 9.17) is 21.3 Å². The highest BCUT2D eigenvalue weighted by atomic mass is 35.5. The van der Waals surface area contributed by atoms with Gasteiger partial charge in [0.15, 0.2) is 0 Å². The van der Waals surface area contributed by atoms with Gasteiger partial charge in [-0.25, -0.2) is 18.4 Å². The van der Waals surface area contributed by atoms with E-state index in [1.165, 1.54) is 6.20 Å². The van der Waals surface area contributed by atoms with Gasteiger partial charge in [-0.2, -0.15) is 4.31 Å². The van der Waals surface area contributed by atoms with Crippen LogP contribution in [0.2, 0.25) is 5.02 Å². The Balaban J connectivity index is 0.825. The van der Waals surface area contributed by atoms with Crippen molar-refractivity contribution in [3.05, 3.63) is 171 Å². The Morgan fingerprint density at radius 3 is 2.16 bits per heavy atom. The van der Waals surface area contributed by atoms with Crippen LogP contribution in [0.1, 0.15) is 96.6 Å². The molecule has 79 heavy (non-hydrogen) atoms. The number of pyridine rings is 1. The summed E-state index contributed by atoms with van der Waals surface area (Å²) in [7, 11) is 0.214. The molecule has 0 unspecified atom stereocenters. The third-order valence-corrected chi connectivity index (χ3v) is 16.9. The van der Waals surface area contributed by atoms with Gasteiger partial charge in [0.2, 0.25) is 15.9 Å². The number of rotatable bonds is 26. The van der Waals surface area contributed by atoms with E-state index in [2.05, 4.69) is 27.0 Å². The highest BCUT2D eigenvalue weighted by molar-refractivity contribution is 7.89. The summed E-state index contributed by atoms with van der Waals surface area (Å²) in [4.78, 5) is 60.9. The lowest BCUT2D eigenvalue weighted by molar-refractivity contribution is 0.0601. The van der Waals surface area contributed by atoms with E-state index in [1.807, 2.05) is 125 Å². The number of hydrogen-bond donors (Lipinski definition) is 1. The molecule has 15 nitrogen and oxygen atoms in total. The molecule has 2 aromatic heterocycles. The number of hydrogen-bond acceptors (Lipinski definition) is 11. The zero-order valence-electron chi connectivity index (χ0n) is 46.6. The number of carbonyl (C=O) groups excluding carboxylic acids is 2. The van der Waals surface area contributed by atoms with Crippen molar-refractivity contribution in [2.45, 2.75) is 77.3 Å². The van der Waals surface area contributed by atoms with Crippen LogP contribution in [0.15, 0.2) is 137 Å². The van der Waals surface area contributed by atoms with Crippen molar-refractivity contribution in [1.82, 2.24) is 38.9 Å². The zero-order chi connectivity index (χ0) is 56.1. The Morgan fingerprint density at radius 2 is 1.47 bits per heavy atom. The lowest BCUT2D eigenvalue weighted by Gasteiger charge is -2.35. The molecule has 0 aliphatic carbocycles. The van der Waals surface area contributed by atoms with Crippen LogP contribution in [0.3, 0.4) is 0 Å². The Bertz CT molecular complexity index is 3330. The molecule has 0 spiro atoms. The number of carbonyl (C=O) groups is 2. The highest BCUT2D eigenvalue weighted by Crippen LogP contribution is 2.33. The quantitative estimate of drug-likeness (QED) is 0.0516. The summed E-state index contributed by atoms with van der Waals surface area (Å²) in [6.07, 6.45) is 5.54. The van der Waals surface area contributed by atoms with Crippen LogP contribution in [-0.2, 0) is 16.6 Å². The standard InChI is InChI=1S/C62H76ClN9O6S/c1-7-8-12-33-70(79(76,77)56-22-14-19-51-52(56)20-13-21-55(51)67(5)6)40-39-69-37-35-68(36-38-69)32-16-41-78-57-30-27-49(43-65-57)60(73)64-31-15-34-71(61(74)48-25-23-46(4)24-26-48)58(45(2)3)59-66-54-42-50(63)28-29-53(54)62(75)72(59)44-47-17-10-9-11-18-47/h9-11,13-14,17-30,42-43,45,58H,7-8,12,15-16,31-41,44H2,1-6H3,(H,64,73)/t58-/m1/s1. The van der Waals surface area contributed by atoms with Gasteiger partial charge in [-0.05, 0) is 86.2 Å². The summed E-state index contributed by atoms with van der Waals surface area (Å²) >= 11 is 6.44. The molecule has 418 valence electrons. The molecule has 0 saturated carbocycles. The molecule has 1 aliphatic rings. The number of sulfonamides is 1. The number of nitrogens with zero attached hydrogens (tertiary/aromatic N) is 8. The molecule has 5 aromatic carbocycles. The number of halogens is 1. The molecular weight excluding hydrogens is 1030 g/mol. The molecular formula is C62H76ClN9O6S. The van der Waals surface area contributed by atoms with E-state index in [0.717, 1.165) is 86.0 Å². The first kappa shape index (κ1) is 58.5. The van der Waals surface area contributed by atoms with Crippen molar-refractivity contribution < 1.29 is 22.7 Å². The predicted octanol–water partition coefficient (Wildman–Crippen LogP) is 9.95. The number of ether oxygens (including phenoxy) is 1. The third kappa shape index (κ3) is 14.8. The van der Waals surface area contributed by atoms with Crippen molar-refractivity contribution in [2.75, 3.05) is 91.0 Å². The summed E-state index contributed by atoms with van der Waals surface area (Å²) in [5.41, 5.74) is 4.06. The van der Waals surface area contributed by atoms with E-state index in [9.17, 15) is 22.8 Å². The van der Waals surface area contributed by atoms with E-state index in [0.29, 0.717) is 76.3 Å². The Morgan fingerprint density at radius 1 is 0.759 bits per heavy atom. The van der Waals surface area contributed by atoms with Gasteiger partial charge < -0.3 is 24.8 Å². The Hall–Kier alpha value is -6.69. The molecule has 1 aliphatic heterocycles. The number of fused-ring (bicyclic) bond motifs is 2. The van der Waals surface area contributed by atoms with Crippen LogP contribution < -0.4 is 20.5 Å². The van der Waals surface area contributed by atoms with Gasteiger partial charge in [0.25, 0.3) is 17.4 Å². The summed E-state index contributed by atoms with van der Waals surface area (Å²) in [6, 6.07) is 36.5. The Kier molecular flexibility index (Phi) is 20.3. The topological polar surface area (TPSA) is 154 Å². The number of aryl methyl sites for hydroxylation is 1. The first-order chi connectivity index (χ1) is 38.1. The number of nitrogens with one attached hydrogen (secondary N) is 1. The molecule has 0 radical (unpaired) electrons. The van der Waals surface area contributed by atoms with Crippen LogP contribution in [-0.4, -0.2) is 140 Å². The SMILES string of the molecule is CCCCCN(CCN1CCN(CCCOc2ccc(C(=O)NCCCN(C(=O)c3ccc(C)cc3)[C@@H](c3nc4cc(Cl)ccc4c(=O)n3Cc3ccccc3)C(C)C)cn2)CC1)S(=O)(=O)c1cccc2c(N(C)C)cccc12.